The molecule has 0 radical (unpaired) electrons. The molecule has 0 fully saturated rings. The van der Waals surface area contributed by atoms with E-state index in [1.54, 1.807) is 0 Å². The molecule has 1 aromatic heterocycles. The number of hydrogen-bond donors (Lipinski definition) is 2. The Morgan fingerprint density at radius 3 is 2.58 bits per heavy atom. The van der Waals surface area contributed by atoms with Crippen molar-refractivity contribution in [1.29, 1.82) is 0 Å². The van der Waals surface area contributed by atoms with Crippen molar-refractivity contribution in [2.24, 2.45) is 5.73 Å². The van der Waals surface area contributed by atoms with Gasteiger partial charge in [-0.25, -0.2) is 0 Å². The monoisotopic (exact) mass is 170 g/mol. The maximum Gasteiger partial charge on any atom is 0.137 e. The fourth-order valence-electron chi connectivity index (χ4n) is 1.36. The van der Waals surface area contributed by atoms with Crippen LogP contribution in [0.3, 0.4) is 0 Å². The summed E-state index contributed by atoms with van der Waals surface area (Å²) in [6.07, 6.45) is 0. The molecule has 3 N–H and O–H groups in total. The van der Waals surface area contributed by atoms with Gasteiger partial charge >= 0.3 is 0 Å². The largest absolute Gasteiger partial charge is 0.396 e. The van der Waals surface area contributed by atoms with Gasteiger partial charge in [0, 0.05) is 18.0 Å². The molecule has 68 valence electrons. The number of nitrogens with zero attached hydrogens (tertiary/aromatic N) is 1. The molecule has 0 amide bonds. The van der Waals surface area contributed by atoms with Gasteiger partial charge < -0.3 is 15.4 Å². The van der Waals surface area contributed by atoms with Crippen LogP contribution in [0.15, 0.2) is 4.52 Å². The Bertz CT molecular complexity index is 234. The summed E-state index contributed by atoms with van der Waals surface area (Å²) in [5.74, 6) is 0.702. The highest BCUT2D eigenvalue weighted by Crippen LogP contribution is 2.21. The molecule has 0 saturated carbocycles. The summed E-state index contributed by atoms with van der Waals surface area (Å²) >= 11 is 0. The fraction of sp³-hybridized carbons (Fsp3) is 0.625. The molecule has 0 bridgehead atoms. The van der Waals surface area contributed by atoms with E-state index >= 15 is 0 Å². The lowest BCUT2D eigenvalue weighted by Crippen LogP contribution is -2.17. The second-order valence-corrected chi connectivity index (χ2v) is 2.85. The smallest absolute Gasteiger partial charge is 0.137 e. The number of hydrogen-bond acceptors (Lipinski definition) is 4. The molecule has 4 heteroatoms. The van der Waals surface area contributed by atoms with E-state index in [0.29, 0.717) is 6.54 Å². The van der Waals surface area contributed by atoms with Crippen LogP contribution in [0.2, 0.25) is 0 Å². The van der Waals surface area contributed by atoms with Crippen LogP contribution in [0.5, 0.6) is 0 Å². The molecular formula is C8H14N2O2. The summed E-state index contributed by atoms with van der Waals surface area (Å²) in [4.78, 5) is 0. The second kappa shape index (κ2) is 3.69. The van der Waals surface area contributed by atoms with E-state index < -0.39 is 0 Å². The Hall–Kier alpha value is -0.870. The summed E-state index contributed by atoms with van der Waals surface area (Å²) in [6, 6.07) is 0. The molecule has 0 aliphatic carbocycles. The van der Waals surface area contributed by atoms with E-state index in [4.69, 9.17) is 15.4 Å². The number of aliphatic hydroxyl groups excluding tert-OH is 1. The third-order valence-corrected chi connectivity index (χ3v) is 2.00. The fourth-order valence-corrected chi connectivity index (χ4v) is 1.36. The van der Waals surface area contributed by atoms with Gasteiger partial charge in [0.1, 0.15) is 5.76 Å². The molecule has 0 aromatic carbocycles. The first-order valence-corrected chi connectivity index (χ1v) is 3.94. The lowest BCUT2D eigenvalue weighted by atomic mass is 9.99. The topological polar surface area (TPSA) is 72.3 Å². The van der Waals surface area contributed by atoms with E-state index in [-0.39, 0.29) is 12.5 Å². The summed E-state index contributed by atoms with van der Waals surface area (Å²) < 4.78 is 4.96. The van der Waals surface area contributed by atoms with Gasteiger partial charge in [0.05, 0.1) is 12.3 Å². The molecule has 0 saturated heterocycles. The van der Waals surface area contributed by atoms with Gasteiger partial charge in [0.25, 0.3) is 0 Å². The zero-order valence-electron chi connectivity index (χ0n) is 7.37. The second-order valence-electron chi connectivity index (χ2n) is 2.85. The molecule has 1 atom stereocenters. The van der Waals surface area contributed by atoms with Gasteiger partial charge in [-0.1, -0.05) is 5.16 Å². The third kappa shape index (κ3) is 1.49. The summed E-state index contributed by atoms with van der Waals surface area (Å²) in [7, 11) is 0. The molecular weight excluding hydrogens is 156 g/mol. The van der Waals surface area contributed by atoms with Crippen LogP contribution in [-0.2, 0) is 0 Å². The predicted octanol–water partition coefficient (Wildman–Crippen LogP) is 0.326. The predicted molar refractivity (Wildman–Crippen MR) is 44.9 cm³/mol. The van der Waals surface area contributed by atoms with Crippen molar-refractivity contribution in [1.82, 2.24) is 5.16 Å². The van der Waals surface area contributed by atoms with Gasteiger partial charge in [-0.3, -0.25) is 0 Å². The van der Waals surface area contributed by atoms with Crippen molar-refractivity contribution in [3.8, 4) is 0 Å². The van der Waals surface area contributed by atoms with E-state index in [1.165, 1.54) is 0 Å². The van der Waals surface area contributed by atoms with E-state index in [0.717, 1.165) is 17.0 Å². The van der Waals surface area contributed by atoms with Gasteiger partial charge in [-0.05, 0) is 13.8 Å². The van der Waals surface area contributed by atoms with Crippen LogP contribution in [0, 0.1) is 13.8 Å². The summed E-state index contributed by atoms with van der Waals surface area (Å²) in [5, 5.41) is 12.8. The van der Waals surface area contributed by atoms with Gasteiger partial charge in [0.2, 0.25) is 0 Å². The minimum Gasteiger partial charge on any atom is -0.396 e. The first-order valence-electron chi connectivity index (χ1n) is 3.94. The molecule has 0 aliphatic heterocycles. The molecule has 1 aromatic rings. The maximum absolute atomic E-state index is 9.00. The van der Waals surface area contributed by atoms with Crippen molar-refractivity contribution in [2.45, 2.75) is 19.8 Å². The zero-order chi connectivity index (χ0) is 9.14. The minimum atomic E-state index is -0.0451. The molecule has 1 rings (SSSR count). The van der Waals surface area contributed by atoms with Crippen molar-refractivity contribution in [3.05, 3.63) is 17.0 Å². The molecule has 0 spiro atoms. The highest BCUT2D eigenvalue weighted by atomic mass is 16.5. The standard InChI is InChI=1S/C8H14N2O2/c1-5-8(6(2)12-10-5)7(3-9)4-11/h7,11H,3-4,9H2,1-2H3. The first kappa shape index (κ1) is 9.22. The van der Waals surface area contributed by atoms with Crippen LogP contribution in [0.1, 0.15) is 22.9 Å². The van der Waals surface area contributed by atoms with E-state index in [9.17, 15) is 0 Å². The van der Waals surface area contributed by atoms with Gasteiger partial charge in [-0.2, -0.15) is 0 Å². The number of nitrogens with two attached hydrogens (primary N) is 1. The van der Waals surface area contributed by atoms with Crippen molar-refractivity contribution >= 4 is 0 Å². The quantitative estimate of drug-likeness (QED) is 0.685. The lowest BCUT2D eigenvalue weighted by Gasteiger charge is -2.09. The number of aryl methyl sites for hydroxylation is 2. The van der Waals surface area contributed by atoms with Crippen LogP contribution in [0.25, 0.3) is 0 Å². The minimum absolute atomic E-state index is 0.0411. The van der Waals surface area contributed by atoms with E-state index in [1.807, 2.05) is 13.8 Å². The first-order chi connectivity index (χ1) is 5.70. The lowest BCUT2D eigenvalue weighted by molar-refractivity contribution is 0.266. The summed E-state index contributed by atoms with van der Waals surface area (Å²) in [6.45, 7) is 4.14. The average molecular weight is 170 g/mol. The molecule has 1 unspecified atom stereocenters. The average Bonchev–Trinajstić information content (AvgIpc) is 2.38. The Morgan fingerprint density at radius 2 is 2.25 bits per heavy atom. The normalized spacial score (nSPS) is 13.3. The highest BCUT2D eigenvalue weighted by molar-refractivity contribution is 5.25. The molecule has 0 aliphatic rings. The van der Waals surface area contributed by atoms with Gasteiger partial charge in [-0.15, -0.1) is 0 Å². The van der Waals surface area contributed by atoms with Crippen molar-refractivity contribution in [2.75, 3.05) is 13.2 Å². The van der Waals surface area contributed by atoms with Gasteiger partial charge in [0.15, 0.2) is 0 Å². The van der Waals surface area contributed by atoms with Crippen LogP contribution >= 0.6 is 0 Å². The Labute approximate surface area is 71.4 Å². The molecule has 4 nitrogen and oxygen atoms in total. The Kier molecular flexibility index (Phi) is 2.83. The Morgan fingerprint density at radius 1 is 1.58 bits per heavy atom. The number of aliphatic hydroxyl groups is 1. The molecule has 12 heavy (non-hydrogen) atoms. The summed E-state index contributed by atoms with van der Waals surface area (Å²) in [5.41, 5.74) is 7.24. The zero-order valence-corrected chi connectivity index (χ0v) is 7.37. The van der Waals surface area contributed by atoms with Crippen molar-refractivity contribution < 1.29 is 9.63 Å². The third-order valence-electron chi connectivity index (χ3n) is 2.00. The number of rotatable bonds is 3. The number of aromatic nitrogens is 1. The van der Waals surface area contributed by atoms with E-state index in [2.05, 4.69) is 5.16 Å². The maximum atomic E-state index is 9.00. The highest BCUT2D eigenvalue weighted by Gasteiger charge is 2.17. The van der Waals surface area contributed by atoms with Crippen LogP contribution < -0.4 is 5.73 Å². The van der Waals surface area contributed by atoms with Crippen molar-refractivity contribution in [3.63, 3.8) is 0 Å². The molecule has 1 heterocycles. The Balaban J connectivity index is 2.98. The van der Waals surface area contributed by atoms with Crippen LogP contribution in [0.4, 0.5) is 0 Å². The SMILES string of the molecule is Cc1noc(C)c1C(CN)CO. The van der Waals surface area contributed by atoms with Crippen LogP contribution in [-0.4, -0.2) is 23.4 Å².